The molecule has 6 heteroatoms. The van der Waals surface area contributed by atoms with Gasteiger partial charge < -0.3 is 10.6 Å². The summed E-state index contributed by atoms with van der Waals surface area (Å²) in [4.78, 5) is 9.52. The van der Waals surface area contributed by atoms with Crippen LogP contribution in [-0.4, -0.2) is 24.7 Å². The minimum Gasteiger partial charge on any atom is -0.330 e. The first kappa shape index (κ1) is 36.2. The SMILES string of the molecule is CC(C)CCCCCOP(=O)(O)OCCCCCC(C)C.CCCCCCCCCCCCN. The van der Waals surface area contributed by atoms with Crippen LogP contribution in [-0.2, 0) is 13.6 Å². The van der Waals surface area contributed by atoms with Gasteiger partial charge in [-0.2, -0.15) is 0 Å². The van der Waals surface area contributed by atoms with Crippen molar-refractivity contribution in [1.82, 2.24) is 0 Å². The van der Waals surface area contributed by atoms with E-state index in [-0.39, 0.29) is 0 Å². The van der Waals surface area contributed by atoms with Gasteiger partial charge in [-0.05, 0) is 37.6 Å². The molecule has 0 aromatic carbocycles. The van der Waals surface area contributed by atoms with E-state index in [4.69, 9.17) is 14.8 Å². The fraction of sp³-hybridized carbons (Fsp3) is 1.00. The zero-order chi connectivity index (χ0) is 25.9. The maximum absolute atomic E-state index is 11.6. The average molecular weight is 508 g/mol. The zero-order valence-electron chi connectivity index (χ0n) is 23.7. The van der Waals surface area contributed by atoms with E-state index in [0.717, 1.165) is 45.1 Å². The Bertz CT molecular complexity index is 399. The number of hydrogen-bond donors (Lipinski definition) is 2. The Morgan fingerprint density at radius 3 is 1.32 bits per heavy atom. The molecule has 0 spiro atoms. The highest BCUT2D eigenvalue weighted by atomic mass is 31.2. The van der Waals surface area contributed by atoms with Crippen molar-refractivity contribution in [2.75, 3.05) is 19.8 Å². The number of hydrogen-bond acceptors (Lipinski definition) is 4. The number of nitrogens with two attached hydrogens (primary N) is 1. The summed E-state index contributed by atoms with van der Waals surface area (Å²) in [5, 5.41) is 0. The summed E-state index contributed by atoms with van der Waals surface area (Å²) in [6.07, 6.45) is 22.3. The van der Waals surface area contributed by atoms with Gasteiger partial charge in [0.15, 0.2) is 0 Å². The topological polar surface area (TPSA) is 81.8 Å². The molecule has 0 aliphatic heterocycles. The molecule has 0 heterocycles. The normalized spacial score (nSPS) is 11.8. The van der Waals surface area contributed by atoms with Crippen molar-refractivity contribution in [1.29, 1.82) is 0 Å². The van der Waals surface area contributed by atoms with E-state index in [1.807, 2.05) is 0 Å². The van der Waals surface area contributed by atoms with Gasteiger partial charge in [0, 0.05) is 0 Å². The summed E-state index contributed by atoms with van der Waals surface area (Å²) in [5.41, 5.74) is 5.42. The van der Waals surface area contributed by atoms with Crippen molar-refractivity contribution in [3.05, 3.63) is 0 Å². The van der Waals surface area contributed by atoms with Gasteiger partial charge in [0.1, 0.15) is 0 Å². The molecular formula is C28H62NO4P. The quantitative estimate of drug-likeness (QED) is 0.100. The lowest BCUT2D eigenvalue weighted by Gasteiger charge is -2.12. The van der Waals surface area contributed by atoms with Crippen LogP contribution in [0, 0.1) is 11.8 Å². The molecule has 3 N–H and O–H groups in total. The van der Waals surface area contributed by atoms with Gasteiger partial charge >= 0.3 is 7.82 Å². The van der Waals surface area contributed by atoms with Crippen molar-refractivity contribution >= 4 is 7.82 Å². The molecule has 0 atom stereocenters. The van der Waals surface area contributed by atoms with Gasteiger partial charge in [0.05, 0.1) is 13.2 Å². The Labute approximate surface area is 214 Å². The van der Waals surface area contributed by atoms with E-state index < -0.39 is 7.82 Å². The van der Waals surface area contributed by atoms with Gasteiger partial charge in [-0.3, -0.25) is 9.05 Å². The van der Waals surface area contributed by atoms with E-state index in [2.05, 4.69) is 34.6 Å². The van der Waals surface area contributed by atoms with Crippen molar-refractivity contribution in [3.63, 3.8) is 0 Å². The lowest BCUT2D eigenvalue weighted by Crippen LogP contribution is -1.99. The maximum atomic E-state index is 11.6. The Morgan fingerprint density at radius 1 is 0.618 bits per heavy atom. The lowest BCUT2D eigenvalue weighted by atomic mass is 10.1. The van der Waals surface area contributed by atoms with Crippen LogP contribution in [0.2, 0.25) is 0 Å². The number of phosphoric acid groups is 1. The molecule has 0 radical (unpaired) electrons. The fourth-order valence-electron chi connectivity index (χ4n) is 3.69. The van der Waals surface area contributed by atoms with Crippen LogP contribution < -0.4 is 5.73 Å². The molecule has 0 aliphatic rings. The molecule has 0 saturated carbocycles. The Hall–Kier alpha value is 0.0700. The third kappa shape index (κ3) is 34.2. The van der Waals surface area contributed by atoms with Crippen LogP contribution in [0.15, 0.2) is 0 Å². The average Bonchev–Trinajstić information content (AvgIpc) is 2.77. The van der Waals surface area contributed by atoms with Gasteiger partial charge in [-0.15, -0.1) is 0 Å². The van der Waals surface area contributed by atoms with Crippen molar-refractivity contribution in [3.8, 4) is 0 Å². The second-order valence-corrected chi connectivity index (χ2v) is 12.0. The summed E-state index contributed by atoms with van der Waals surface area (Å²) in [6.45, 7) is 12.6. The number of rotatable bonds is 24. The Balaban J connectivity index is 0. The monoisotopic (exact) mass is 507 g/mol. The summed E-state index contributed by atoms with van der Waals surface area (Å²) >= 11 is 0. The highest BCUT2D eigenvalue weighted by Gasteiger charge is 2.19. The van der Waals surface area contributed by atoms with Gasteiger partial charge in [0.25, 0.3) is 0 Å². The lowest BCUT2D eigenvalue weighted by molar-refractivity contribution is 0.145. The number of phosphoric ester groups is 1. The molecule has 5 nitrogen and oxygen atoms in total. The first-order valence-corrected chi connectivity index (χ1v) is 16.1. The van der Waals surface area contributed by atoms with E-state index >= 15 is 0 Å². The molecule has 0 unspecified atom stereocenters. The van der Waals surface area contributed by atoms with Crippen LogP contribution in [0.4, 0.5) is 0 Å². The molecule has 208 valence electrons. The van der Waals surface area contributed by atoms with Crippen LogP contribution in [0.25, 0.3) is 0 Å². The maximum Gasteiger partial charge on any atom is 0.472 e. The first-order chi connectivity index (χ1) is 16.2. The van der Waals surface area contributed by atoms with Crippen LogP contribution in [0.3, 0.4) is 0 Å². The summed E-state index contributed by atoms with van der Waals surface area (Å²) in [6, 6.07) is 0. The second-order valence-electron chi connectivity index (χ2n) is 10.6. The highest BCUT2D eigenvalue weighted by Crippen LogP contribution is 2.43. The van der Waals surface area contributed by atoms with Crippen molar-refractivity contribution in [2.24, 2.45) is 17.6 Å². The third-order valence-electron chi connectivity index (χ3n) is 5.92. The summed E-state index contributed by atoms with van der Waals surface area (Å²) < 4.78 is 21.5. The Kier molecular flexibility index (Phi) is 29.5. The highest BCUT2D eigenvalue weighted by molar-refractivity contribution is 7.47. The fourth-order valence-corrected chi connectivity index (χ4v) is 4.49. The first-order valence-electron chi connectivity index (χ1n) is 14.6. The zero-order valence-corrected chi connectivity index (χ0v) is 24.6. The van der Waals surface area contributed by atoms with Crippen LogP contribution >= 0.6 is 7.82 Å². The van der Waals surface area contributed by atoms with Crippen molar-refractivity contribution in [2.45, 2.75) is 150 Å². The molecule has 0 amide bonds. The third-order valence-corrected chi connectivity index (χ3v) is 6.94. The molecule has 0 rings (SSSR count). The smallest absolute Gasteiger partial charge is 0.330 e. The summed E-state index contributed by atoms with van der Waals surface area (Å²) in [5.74, 6) is 1.43. The number of unbranched alkanes of at least 4 members (excludes halogenated alkanes) is 13. The molecule has 0 saturated heterocycles. The molecule has 34 heavy (non-hydrogen) atoms. The van der Waals surface area contributed by atoms with Gasteiger partial charge in [-0.25, -0.2) is 4.57 Å². The predicted molar refractivity (Wildman–Crippen MR) is 149 cm³/mol. The van der Waals surface area contributed by atoms with Crippen LogP contribution in [0.5, 0.6) is 0 Å². The molecule has 0 fully saturated rings. The van der Waals surface area contributed by atoms with Crippen LogP contribution in [0.1, 0.15) is 150 Å². The van der Waals surface area contributed by atoms with E-state index in [1.54, 1.807) is 0 Å². The Morgan fingerprint density at radius 2 is 0.971 bits per heavy atom. The van der Waals surface area contributed by atoms with E-state index in [1.165, 1.54) is 77.0 Å². The van der Waals surface area contributed by atoms with Crippen molar-refractivity contribution < 1.29 is 18.5 Å². The largest absolute Gasteiger partial charge is 0.472 e. The van der Waals surface area contributed by atoms with E-state index in [9.17, 15) is 9.46 Å². The van der Waals surface area contributed by atoms with Gasteiger partial charge in [0.2, 0.25) is 0 Å². The second kappa shape index (κ2) is 27.7. The molecular weight excluding hydrogens is 445 g/mol. The predicted octanol–water partition coefficient (Wildman–Crippen LogP) is 9.42. The molecule has 0 aromatic rings. The molecule has 0 bridgehead atoms. The minimum atomic E-state index is -3.83. The van der Waals surface area contributed by atoms with E-state index in [0.29, 0.717) is 25.0 Å². The standard InChI is InChI=1S/C16H35O4P.C12H27N/c1-15(2)11-7-5-9-13-19-21(17,18)20-14-10-6-8-12-16(3)4;1-2-3-4-5-6-7-8-9-10-11-12-13/h15-16H,5-14H2,1-4H3,(H,17,18);2-13H2,1H3. The minimum absolute atomic E-state index is 0.305. The van der Waals surface area contributed by atoms with Gasteiger partial charge in [-0.1, -0.05) is 131 Å². The summed E-state index contributed by atoms with van der Waals surface area (Å²) in [7, 11) is -3.83. The molecule has 0 aliphatic carbocycles. The molecule has 0 aromatic heterocycles.